The second-order valence-electron chi connectivity index (χ2n) is 6.54. The number of amides is 2. The number of aromatic amines is 1. The van der Waals surface area contributed by atoms with Crippen molar-refractivity contribution in [2.75, 3.05) is 0 Å². The van der Waals surface area contributed by atoms with Crippen LogP contribution in [-0.4, -0.2) is 22.6 Å². The molecule has 0 radical (unpaired) electrons. The van der Waals surface area contributed by atoms with Crippen LogP contribution in [0.5, 0.6) is 0 Å². The van der Waals surface area contributed by atoms with Gasteiger partial charge in [0.2, 0.25) is 0 Å². The number of carbonyl (C=O) groups is 3. The highest BCUT2D eigenvalue weighted by atomic mass is 35.5. The summed E-state index contributed by atoms with van der Waals surface area (Å²) in [5.41, 5.74) is 6.77. The number of halogens is 1. The van der Waals surface area contributed by atoms with Gasteiger partial charge in [-0.1, -0.05) is 48.0 Å². The summed E-state index contributed by atoms with van der Waals surface area (Å²) in [6, 6.07) is 20.2. The minimum absolute atomic E-state index is 0.150. The van der Waals surface area contributed by atoms with Crippen LogP contribution in [0, 0.1) is 0 Å². The van der Waals surface area contributed by atoms with Crippen LogP contribution in [0.25, 0.3) is 10.9 Å². The average molecular weight is 418 g/mol. The lowest BCUT2D eigenvalue weighted by molar-refractivity contribution is 0.0845. The third-order valence-corrected chi connectivity index (χ3v) is 4.90. The van der Waals surface area contributed by atoms with Crippen molar-refractivity contribution in [3.63, 3.8) is 0 Å². The first-order valence-electron chi connectivity index (χ1n) is 9.10. The summed E-state index contributed by atoms with van der Waals surface area (Å²) in [7, 11) is 0. The maximum absolute atomic E-state index is 12.8. The molecule has 4 aromatic rings. The van der Waals surface area contributed by atoms with Crippen molar-refractivity contribution >= 4 is 40.1 Å². The Hall–Kier alpha value is -3.90. The molecule has 4 rings (SSSR count). The molecule has 0 aliphatic rings. The van der Waals surface area contributed by atoms with Gasteiger partial charge < -0.3 is 4.98 Å². The Balaban J connectivity index is 1.52. The fourth-order valence-corrected chi connectivity index (χ4v) is 3.27. The van der Waals surface area contributed by atoms with Crippen LogP contribution in [-0.2, 0) is 0 Å². The Morgan fingerprint density at radius 2 is 1.30 bits per heavy atom. The zero-order valence-corrected chi connectivity index (χ0v) is 16.4. The Morgan fingerprint density at radius 3 is 2.03 bits per heavy atom. The molecular formula is C23H16ClN3O3. The average Bonchev–Trinajstić information content (AvgIpc) is 3.21. The van der Waals surface area contributed by atoms with Gasteiger partial charge in [-0.25, -0.2) is 0 Å². The lowest BCUT2D eigenvalue weighted by Gasteiger charge is -2.10. The maximum Gasteiger partial charge on any atom is 0.271 e. The van der Waals surface area contributed by atoms with E-state index in [1.807, 2.05) is 24.3 Å². The monoisotopic (exact) mass is 417 g/mol. The number of hydrazine groups is 1. The lowest BCUT2D eigenvalue weighted by atomic mass is 9.98. The normalized spacial score (nSPS) is 10.6. The molecule has 0 atom stereocenters. The van der Waals surface area contributed by atoms with Crippen molar-refractivity contribution in [2.24, 2.45) is 0 Å². The number of para-hydroxylation sites is 1. The number of aromatic nitrogens is 1. The molecule has 3 N–H and O–H groups in total. The standard InChI is InChI=1S/C23H16ClN3O3/c24-15-11-9-14(10-12-15)21(28)17-6-1-2-7-18(17)22(29)26-27-23(30)19-13-25-20-8-4-3-5-16(19)20/h1-13,25H,(H,26,29)(H,27,30). The number of carbonyl (C=O) groups excluding carboxylic acids is 3. The molecule has 3 aromatic carbocycles. The predicted molar refractivity (Wildman–Crippen MR) is 115 cm³/mol. The van der Waals surface area contributed by atoms with Gasteiger partial charge in [-0.05, 0) is 36.4 Å². The van der Waals surface area contributed by atoms with E-state index in [0.29, 0.717) is 16.1 Å². The van der Waals surface area contributed by atoms with E-state index in [2.05, 4.69) is 15.8 Å². The second kappa shape index (κ2) is 8.23. The van der Waals surface area contributed by atoms with Gasteiger partial charge in [0, 0.05) is 33.2 Å². The highest BCUT2D eigenvalue weighted by Gasteiger charge is 2.19. The summed E-state index contributed by atoms with van der Waals surface area (Å²) in [6.07, 6.45) is 1.57. The molecule has 0 spiro atoms. The van der Waals surface area contributed by atoms with E-state index in [1.54, 1.807) is 48.7 Å². The third kappa shape index (κ3) is 3.81. The first kappa shape index (κ1) is 19.4. The van der Waals surface area contributed by atoms with Crippen molar-refractivity contribution in [2.45, 2.75) is 0 Å². The molecule has 0 fully saturated rings. The quantitative estimate of drug-likeness (QED) is 0.344. The number of hydrogen-bond acceptors (Lipinski definition) is 3. The van der Waals surface area contributed by atoms with Crippen molar-refractivity contribution in [3.8, 4) is 0 Å². The van der Waals surface area contributed by atoms with Crippen LogP contribution in [0.4, 0.5) is 0 Å². The van der Waals surface area contributed by atoms with E-state index in [0.717, 1.165) is 10.9 Å². The number of fused-ring (bicyclic) bond motifs is 1. The zero-order valence-electron chi connectivity index (χ0n) is 15.6. The summed E-state index contributed by atoms with van der Waals surface area (Å²) in [5.74, 6) is -1.39. The van der Waals surface area contributed by atoms with E-state index < -0.39 is 11.8 Å². The van der Waals surface area contributed by atoms with Crippen molar-refractivity contribution in [1.82, 2.24) is 15.8 Å². The smallest absolute Gasteiger partial charge is 0.271 e. The fourth-order valence-electron chi connectivity index (χ4n) is 3.14. The highest BCUT2D eigenvalue weighted by Crippen LogP contribution is 2.18. The molecule has 7 heteroatoms. The molecule has 30 heavy (non-hydrogen) atoms. The van der Waals surface area contributed by atoms with Gasteiger partial charge in [-0.3, -0.25) is 25.2 Å². The maximum atomic E-state index is 12.8. The van der Waals surface area contributed by atoms with Gasteiger partial charge in [-0.15, -0.1) is 0 Å². The highest BCUT2D eigenvalue weighted by molar-refractivity contribution is 6.30. The molecule has 148 valence electrons. The molecule has 0 saturated carbocycles. The van der Waals surface area contributed by atoms with Gasteiger partial charge >= 0.3 is 0 Å². The summed E-state index contributed by atoms with van der Waals surface area (Å²) < 4.78 is 0. The van der Waals surface area contributed by atoms with Crippen LogP contribution >= 0.6 is 11.6 Å². The Labute approximate surface area is 176 Å². The molecule has 0 saturated heterocycles. The summed E-state index contributed by atoms with van der Waals surface area (Å²) in [4.78, 5) is 41.0. The number of hydrogen-bond donors (Lipinski definition) is 3. The number of rotatable bonds is 4. The van der Waals surface area contributed by atoms with Gasteiger partial charge in [-0.2, -0.15) is 0 Å². The Bertz CT molecular complexity index is 1260. The third-order valence-electron chi connectivity index (χ3n) is 4.65. The van der Waals surface area contributed by atoms with E-state index in [-0.39, 0.29) is 16.9 Å². The molecule has 0 aliphatic heterocycles. The van der Waals surface area contributed by atoms with Gasteiger partial charge in [0.05, 0.1) is 11.1 Å². The molecule has 2 amide bonds. The first-order chi connectivity index (χ1) is 14.5. The van der Waals surface area contributed by atoms with E-state index in [1.165, 1.54) is 6.07 Å². The first-order valence-corrected chi connectivity index (χ1v) is 9.48. The van der Waals surface area contributed by atoms with E-state index in [4.69, 9.17) is 11.6 Å². The Morgan fingerprint density at radius 1 is 0.700 bits per heavy atom. The largest absolute Gasteiger partial charge is 0.360 e. The minimum Gasteiger partial charge on any atom is -0.360 e. The van der Waals surface area contributed by atoms with Crippen molar-refractivity contribution in [3.05, 3.63) is 106 Å². The van der Waals surface area contributed by atoms with Crippen LogP contribution in [0.1, 0.15) is 36.6 Å². The van der Waals surface area contributed by atoms with Crippen LogP contribution in [0.15, 0.2) is 79.0 Å². The summed E-state index contributed by atoms with van der Waals surface area (Å²) >= 11 is 5.88. The fraction of sp³-hybridized carbons (Fsp3) is 0. The van der Waals surface area contributed by atoms with E-state index >= 15 is 0 Å². The number of ketones is 1. The molecule has 0 bridgehead atoms. The number of H-pyrrole nitrogens is 1. The summed E-state index contributed by atoms with van der Waals surface area (Å²) in [5, 5.41) is 1.25. The minimum atomic E-state index is -0.596. The lowest BCUT2D eigenvalue weighted by Crippen LogP contribution is -2.42. The number of nitrogens with one attached hydrogen (secondary N) is 3. The molecule has 6 nitrogen and oxygen atoms in total. The van der Waals surface area contributed by atoms with Gasteiger partial charge in [0.1, 0.15) is 0 Å². The van der Waals surface area contributed by atoms with Crippen LogP contribution in [0.3, 0.4) is 0 Å². The van der Waals surface area contributed by atoms with Crippen molar-refractivity contribution < 1.29 is 14.4 Å². The second-order valence-corrected chi connectivity index (χ2v) is 6.97. The van der Waals surface area contributed by atoms with E-state index in [9.17, 15) is 14.4 Å². The molecule has 0 aliphatic carbocycles. The number of benzene rings is 3. The molecular weight excluding hydrogens is 402 g/mol. The molecule has 1 aromatic heterocycles. The SMILES string of the molecule is O=C(NNC(=O)c1c[nH]c2ccccc12)c1ccccc1C(=O)c1ccc(Cl)cc1. The Kier molecular flexibility index (Phi) is 5.32. The molecule has 0 unspecified atom stereocenters. The summed E-state index contributed by atoms with van der Waals surface area (Å²) in [6.45, 7) is 0. The molecule has 1 heterocycles. The zero-order chi connectivity index (χ0) is 21.1. The van der Waals surface area contributed by atoms with Crippen molar-refractivity contribution in [1.29, 1.82) is 0 Å². The van der Waals surface area contributed by atoms with Crippen LogP contribution in [0.2, 0.25) is 5.02 Å². The predicted octanol–water partition coefficient (Wildman–Crippen LogP) is 4.13. The van der Waals surface area contributed by atoms with Gasteiger partial charge in [0.15, 0.2) is 5.78 Å². The topological polar surface area (TPSA) is 91.1 Å². The van der Waals surface area contributed by atoms with Crippen LogP contribution < -0.4 is 10.9 Å². The van der Waals surface area contributed by atoms with Gasteiger partial charge in [0.25, 0.3) is 11.8 Å².